The molecule has 0 spiro atoms. The summed E-state index contributed by atoms with van der Waals surface area (Å²) >= 11 is 0. The van der Waals surface area contributed by atoms with Crippen LogP contribution in [-0.4, -0.2) is 29.4 Å². The number of amides is 1. The van der Waals surface area contributed by atoms with E-state index >= 15 is 0 Å². The minimum Gasteiger partial charge on any atom is -0.338 e. The molecular weight excluding hydrogens is 272 g/mol. The van der Waals surface area contributed by atoms with Crippen molar-refractivity contribution in [3.05, 3.63) is 0 Å². The molecule has 2 fully saturated rings. The lowest BCUT2D eigenvalue weighted by molar-refractivity contribution is -0.141. The zero-order chi connectivity index (χ0) is 13.8. The Morgan fingerprint density at radius 3 is 2.40 bits per heavy atom. The molecule has 1 aliphatic carbocycles. The number of halogens is 1. The van der Waals surface area contributed by atoms with Crippen LogP contribution >= 0.6 is 12.4 Å². The molecule has 0 aromatic rings. The maximum Gasteiger partial charge on any atom is 0.225 e. The summed E-state index contributed by atoms with van der Waals surface area (Å²) in [6.45, 7) is 5.24. The first-order valence-electron chi connectivity index (χ1n) is 8.19. The van der Waals surface area contributed by atoms with Crippen LogP contribution in [0.15, 0.2) is 0 Å². The van der Waals surface area contributed by atoms with Crippen LogP contribution in [0, 0.1) is 11.8 Å². The zero-order valence-electron chi connectivity index (χ0n) is 13.0. The summed E-state index contributed by atoms with van der Waals surface area (Å²) in [4.78, 5) is 14.8. The SMILES string of the molecule is CCC1CCC(C(=O)N2CCCCC2C(C)N)CC1.Cl. The highest BCUT2D eigenvalue weighted by Gasteiger charge is 2.34. The van der Waals surface area contributed by atoms with Gasteiger partial charge in [0.05, 0.1) is 0 Å². The highest BCUT2D eigenvalue weighted by Crippen LogP contribution is 2.33. The number of nitrogens with zero attached hydrogens (tertiary/aromatic N) is 1. The van der Waals surface area contributed by atoms with Crippen molar-refractivity contribution in [3.8, 4) is 0 Å². The first kappa shape index (κ1) is 17.8. The second-order valence-electron chi connectivity index (χ2n) is 6.58. The van der Waals surface area contributed by atoms with Crippen LogP contribution in [0.2, 0.25) is 0 Å². The largest absolute Gasteiger partial charge is 0.338 e. The Kier molecular flexibility index (Phi) is 7.32. The number of rotatable bonds is 3. The minimum atomic E-state index is 0. The van der Waals surface area contributed by atoms with Crippen molar-refractivity contribution in [1.29, 1.82) is 0 Å². The minimum absolute atomic E-state index is 0. The molecule has 2 atom stereocenters. The van der Waals surface area contributed by atoms with E-state index in [9.17, 15) is 4.79 Å². The molecule has 20 heavy (non-hydrogen) atoms. The number of likely N-dealkylation sites (tertiary alicyclic amines) is 1. The maximum atomic E-state index is 12.7. The van der Waals surface area contributed by atoms with Crippen molar-refractivity contribution in [3.63, 3.8) is 0 Å². The van der Waals surface area contributed by atoms with Crippen LogP contribution < -0.4 is 5.73 Å². The van der Waals surface area contributed by atoms with Gasteiger partial charge >= 0.3 is 0 Å². The number of carbonyl (C=O) groups is 1. The molecule has 0 radical (unpaired) electrons. The van der Waals surface area contributed by atoms with Crippen molar-refractivity contribution in [2.24, 2.45) is 17.6 Å². The smallest absolute Gasteiger partial charge is 0.225 e. The number of nitrogens with two attached hydrogens (primary N) is 1. The van der Waals surface area contributed by atoms with Crippen LogP contribution in [-0.2, 0) is 4.79 Å². The quantitative estimate of drug-likeness (QED) is 0.869. The van der Waals surface area contributed by atoms with E-state index in [1.807, 2.05) is 6.92 Å². The van der Waals surface area contributed by atoms with E-state index in [0.29, 0.717) is 5.91 Å². The molecule has 3 nitrogen and oxygen atoms in total. The van der Waals surface area contributed by atoms with E-state index in [-0.39, 0.29) is 30.4 Å². The average Bonchev–Trinajstić information content (AvgIpc) is 2.46. The molecule has 1 aliphatic heterocycles. The molecule has 1 saturated carbocycles. The Balaban J connectivity index is 0.00000200. The molecule has 118 valence electrons. The lowest BCUT2D eigenvalue weighted by atomic mass is 9.79. The van der Waals surface area contributed by atoms with Gasteiger partial charge in [-0.2, -0.15) is 0 Å². The summed E-state index contributed by atoms with van der Waals surface area (Å²) in [5.41, 5.74) is 6.07. The predicted octanol–water partition coefficient (Wildman–Crippen LogP) is 3.35. The van der Waals surface area contributed by atoms with Gasteiger partial charge in [0.25, 0.3) is 0 Å². The molecule has 0 aromatic carbocycles. The van der Waals surface area contributed by atoms with Gasteiger partial charge < -0.3 is 10.6 Å². The standard InChI is InChI=1S/C16H30N2O.ClH/c1-3-13-7-9-14(10-8-13)16(19)18-11-5-4-6-15(18)12(2)17;/h12-15H,3-11,17H2,1-2H3;1H. The Hall–Kier alpha value is -0.280. The fourth-order valence-electron chi connectivity index (χ4n) is 3.83. The highest BCUT2D eigenvalue weighted by atomic mass is 35.5. The van der Waals surface area contributed by atoms with Crippen molar-refractivity contribution in [1.82, 2.24) is 4.90 Å². The summed E-state index contributed by atoms with van der Waals surface area (Å²) in [7, 11) is 0. The molecular formula is C16H31ClN2O. The van der Waals surface area contributed by atoms with E-state index in [2.05, 4.69) is 11.8 Å². The van der Waals surface area contributed by atoms with Gasteiger partial charge in [-0.05, 0) is 57.8 Å². The van der Waals surface area contributed by atoms with Crippen LogP contribution in [0.3, 0.4) is 0 Å². The van der Waals surface area contributed by atoms with Crippen molar-refractivity contribution >= 4 is 18.3 Å². The van der Waals surface area contributed by atoms with E-state index in [1.165, 1.54) is 25.7 Å². The van der Waals surface area contributed by atoms with Gasteiger partial charge in [0.1, 0.15) is 0 Å². The van der Waals surface area contributed by atoms with Crippen molar-refractivity contribution in [2.45, 2.75) is 77.3 Å². The van der Waals surface area contributed by atoms with E-state index < -0.39 is 0 Å². The van der Waals surface area contributed by atoms with Gasteiger partial charge in [0, 0.05) is 24.5 Å². The molecule has 2 rings (SSSR count). The molecule has 1 heterocycles. The van der Waals surface area contributed by atoms with Gasteiger partial charge in [-0.25, -0.2) is 0 Å². The average molecular weight is 303 g/mol. The fourth-order valence-corrected chi connectivity index (χ4v) is 3.83. The highest BCUT2D eigenvalue weighted by molar-refractivity contribution is 5.85. The van der Waals surface area contributed by atoms with Crippen LogP contribution in [0.4, 0.5) is 0 Å². The Morgan fingerprint density at radius 2 is 1.85 bits per heavy atom. The number of hydrogen-bond acceptors (Lipinski definition) is 2. The van der Waals surface area contributed by atoms with Crippen LogP contribution in [0.5, 0.6) is 0 Å². The second-order valence-corrected chi connectivity index (χ2v) is 6.58. The Bertz CT molecular complexity index is 301. The number of carbonyl (C=O) groups excluding carboxylic acids is 1. The molecule has 2 unspecified atom stereocenters. The summed E-state index contributed by atoms with van der Waals surface area (Å²) in [6, 6.07) is 0.390. The van der Waals surface area contributed by atoms with Gasteiger partial charge in [0.2, 0.25) is 5.91 Å². The third-order valence-corrected chi connectivity index (χ3v) is 5.21. The van der Waals surface area contributed by atoms with E-state index in [4.69, 9.17) is 5.73 Å². The second kappa shape index (κ2) is 8.23. The predicted molar refractivity (Wildman–Crippen MR) is 86.0 cm³/mol. The van der Waals surface area contributed by atoms with Gasteiger partial charge in [-0.1, -0.05) is 13.3 Å². The molecule has 2 N–H and O–H groups in total. The Morgan fingerprint density at radius 1 is 1.20 bits per heavy atom. The van der Waals surface area contributed by atoms with Crippen LogP contribution in [0.1, 0.15) is 65.2 Å². The van der Waals surface area contributed by atoms with Gasteiger partial charge in [-0.15, -0.1) is 12.4 Å². The molecule has 0 bridgehead atoms. The zero-order valence-corrected chi connectivity index (χ0v) is 13.8. The summed E-state index contributed by atoms with van der Waals surface area (Å²) in [5, 5.41) is 0. The molecule has 1 amide bonds. The van der Waals surface area contributed by atoms with Gasteiger partial charge in [0.15, 0.2) is 0 Å². The molecule has 2 aliphatic rings. The topological polar surface area (TPSA) is 46.3 Å². The molecule has 4 heteroatoms. The normalized spacial score (nSPS) is 32.4. The maximum absolute atomic E-state index is 12.7. The Labute approximate surface area is 130 Å². The monoisotopic (exact) mass is 302 g/mol. The van der Waals surface area contributed by atoms with Crippen molar-refractivity contribution < 1.29 is 4.79 Å². The summed E-state index contributed by atoms with van der Waals surface area (Å²) in [5.74, 6) is 1.54. The van der Waals surface area contributed by atoms with E-state index in [0.717, 1.165) is 38.1 Å². The first-order valence-corrected chi connectivity index (χ1v) is 8.19. The van der Waals surface area contributed by atoms with Crippen molar-refractivity contribution in [2.75, 3.05) is 6.54 Å². The molecule has 0 aromatic heterocycles. The van der Waals surface area contributed by atoms with Crippen LogP contribution in [0.25, 0.3) is 0 Å². The number of piperidine rings is 1. The summed E-state index contributed by atoms with van der Waals surface area (Å²) in [6.07, 6.45) is 9.41. The third kappa shape index (κ3) is 4.11. The lowest BCUT2D eigenvalue weighted by Gasteiger charge is -2.41. The lowest BCUT2D eigenvalue weighted by Crippen LogP contribution is -2.53. The fraction of sp³-hybridized carbons (Fsp3) is 0.938. The summed E-state index contributed by atoms with van der Waals surface area (Å²) < 4.78 is 0. The van der Waals surface area contributed by atoms with Gasteiger partial charge in [-0.3, -0.25) is 4.79 Å². The first-order chi connectivity index (χ1) is 9.13. The molecule has 1 saturated heterocycles. The van der Waals surface area contributed by atoms with E-state index in [1.54, 1.807) is 0 Å². The number of hydrogen-bond donors (Lipinski definition) is 1. The third-order valence-electron chi connectivity index (χ3n) is 5.21.